The number of imidazole rings is 1. The number of likely N-dealkylation sites (tertiary alicyclic amines) is 2. The van der Waals surface area contributed by atoms with E-state index in [4.69, 9.17) is 4.98 Å². The third kappa shape index (κ3) is 2.88. The van der Waals surface area contributed by atoms with Gasteiger partial charge in [0.05, 0.1) is 17.4 Å². The van der Waals surface area contributed by atoms with Gasteiger partial charge in [-0.25, -0.2) is 4.98 Å². The highest BCUT2D eigenvalue weighted by molar-refractivity contribution is 5.86. The minimum Gasteiger partial charge on any atom is -0.342 e. The van der Waals surface area contributed by atoms with Crippen LogP contribution >= 0.6 is 0 Å². The topological polar surface area (TPSA) is 41.4 Å². The summed E-state index contributed by atoms with van der Waals surface area (Å²) in [5.74, 6) is 2.33. The number of hydrogen-bond acceptors (Lipinski definition) is 3. The van der Waals surface area contributed by atoms with E-state index in [1.54, 1.807) is 0 Å². The molecule has 0 radical (unpaired) electrons. The molecule has 1 aromatic rings. The van der Waals surface area contributed by atoms with Crippen molar-refractivity contribution in [1.29, 1.82) is 0 Å². The number of aromatic nitrogens is 2. The third-order valence-corrected chi connectivity index (χ3v) is 7.12. The van der Waals surface area contributed by atoms with Gasteiger partial charge in [0, 0.05) is 50.9 Å². The van der Waals surface area contributed by atoms with Crippen LogP contribution < -0.4 is 0 Å². The molecule has 2 saturated carbocycles. The molecule has 4 fully saturated rings. The van der Waals surface area contributed by atoms with Crippen LogP contribution in [0.25, 0.3) is 0 Å². The standard InChI is InChI=1S/C21H32N4O/c1-15(2)25-12-19(22-14-25)18-11-23(9-16-3-4-16)13-21(18)7-8-24(20(21)26)10-17-5-6-17/h12,14-18H,3-11,13H2,1-2H3/t18-,21+/m0/s1. The zero-order valence-electron chi connectivity index (χ0n) is 16.2. The molecule has 2 saturated heterocycles. The van der Waals surface area contributed by atoms with Crippen LogP contribution in [0.1, 0.15) is 63.6 Å². The average Bonchev–Trinajstić information content (AvgIpc) is 3.49. The summed E-state index contributed by atoms with van der Waals surface area (Å²) in [6.07, 6.45) is 10.5. The second-order valence-corrected chi connectivity index (χ2v) is 9.63. The Morgan fingerprint density at radius 3 is 2.58 bits per heavy atom. The minimum absolute atomic E-state index is 0.222. The Bertz CT molecular complexity index is 690. The van der Waals surface area contributed by atoms with Crippen molar-refractivity contribution in [2.24, 2.45) is 17.3 Å². The van der Waals surface area contributed by atoms with Crippen molar-refractivity contribution in [2.75, 3.05) is 32.7 Å². The summed E-state index contributed by atoms with van der Waals surface area (Å²) in [5.41, 5.74) is 0.915. The molecule has 1 aromatic heterocycles. The van der Waals surface area contributed by atoms with Crippen LogP contribution in [0.5, 0.6) is 0 Å². The van der Waals surface area contributed by atoms with Crippen molar-refractivity contribution in [3.63, 3.8) is 0 Å². The lowest BCUT2D eigenvalue weighted by Gasteiger charge is -2.28. The van der Waals surface area contributed by atoms with Crippen molar-refractivity contribution in [3.05, 3.63) is 18.2 Å². The summed E-state index contributed by atoms with van der Waals surface area (Å²) in [6.45, 7) is 9.46. The minimum atomic E-state index is -0.222. The molecule has 1 spiro atoms. The van der Waals surface area contributed by atoms with Crippen LogP contribution in [0.4, 0.5) is 0 Å². The number of rotatable bonds is 6. The first kappa shape index (κ1) is 16.8. The fraction of sp³-hybridized carbons (Fsp3) is 0.810. The molecule has 0 N–H and O–H groups in total. The van der Waals surface area contributed by atoms with Gasteiger partial charge < -0.3 is 14.4 Å². The summed E-state index contributed by atoms with van der Waals surface area (Å²) >= 11 is 0. The zero-order valence-corrected chi connectivity index (χ0v) is 16.2. The molecule has 5 rings (SSSR count). The fourth-order valence-corrected chi connectivity index (χ4v) is 5.12. The lowest BCUT2D eigenvalue weighted by atomic mass is 9.75. The molecule has 5 heteroatoms. The summed E-state index contributed by atoms with van der Waals surface area (Å²) in [6, 6.07) is 0.418. The Hall–Kier alpha value is -1.36. The normalized spacial score (nSPS) is 32.5. The van der Waals surface area contributed by atoms with Crippen molar-refractivity contribution < 1.29 is 4.79 Å². The molecule has 2 atom stereocenters. The predicted octanol–water partition coefficient (Wildman–Crippen LogP) is 2.90. The van der Waals surface area contributed by atoms with Gasteiger partial charge in [-0.3, -0.25) is 4.79 Å². The summed E-state index contributed by atoms with van der Waals surface area (Å²) in [7, 11) is 0. The van der Waals surface area contributed by atoms with Crippen molar-refractivity contribution in [1.82, 2.24) is 19.4 Å². The van der Waals surface area contributed by atoms with Crippen molar-refractivity contribution >= 4 is 5.91 Å². The molecule has 0 aromatic carbocycles. The molecule has 1 amide bonds. The third-order valence-electron chi connectivity index (χ3n) is 7.12. The number of amides is 1. The Morgan fingerprint density at radius 1 is 1.19 bits per heavy atom. The van der Waals surface area contributed by atoms with Gasteiger partial charge in [-0.15, -0.1) is 0 Å². The van der Waals surface area contributed by atoms with Crippen LogP contribution in [0.2, 0.25) is 0 Å². The van der Waals surface area contributed by atoms with E-state index >= 15 is 0 Å². The second kappa shape index (κ2) is 6.08. The second-order valence-electron chi connectivity index (χ2n) is 9.63. The van der Waals surface area contributed by atoms with Crippen LogP contribution in [-0.4, -0.2) is 58.0 Å². The van der Waals surface area contributed by atoms with Gasteiger partial charge in [-0.05, 0) is 57.8 Å². The number of nitrogens with zero attached hydrogens (tertiary/aromatic N) is 4. The molecule has 0 unspecified atom stereocenters. The Kier molecular flexibility index (Phi) is 3.93. The van der Waals surface area contributed by atoms with Crippen LogP contribution in [0, 0.1) is 17.3 Å². The van der Waals surface area contributed by atoms with E-state index in [0.717, 1.165) is 50.1 Å². The molecule has 5 nitrogen and oxygen atoms in total. The van der Waals surface area contributed by atoms with Gasteiger partial charge >= 0.3 is 0 Å². The lowest BCUT2D eigenvalue weighted by Crippen LogP contribution is -2.40. The fourth-order valence-electron chi connectivity index (χ4n) is 5.12. The average molecular weight is 357 g/mol. The molecule has 0 bridgehead atoms. The number of carbonyl (C=O) groups is 1. The van der Waals surface area contributed by atoms with E-state index in [1.807, 2.05) is 6.33 Å². The number of carbonyl (C=O) groups excluding carboxylic acids is 1. The lowest BCUT2D eigenvalue weighted by molar-refractivity contribution is -0.136. The highest BCUT2D eigenvalue weighted by Gasteiger charge is 2.58. The first-order valence-corrected chi connectivity index (χ1v) is 10.6. The molecule has 142 valence electrons. The van der Waals surface area contributed by atoms with Gasteiger partial charge in [0.2, 0.25) is 5.91 Å². The molecule has 2 aliphatic heterocycles. The first-order chi connectivity index (χ1) is 12.5. The van der Waals surface area contributed by atoms with E-state index in [-0.39, 0.29) is 11.3 Å². The zero-order chi connectivity index (χ0) is 17.9. The molecule has 2 aliphatic carbocycles. The van der Waals surface area contributed by atoms with E-state index < -0.39 is 0 Å². The van der Waals surface area contributed by atoms with Gasteiger partial charge in [0.15, 0.2) is 0 Å². The van der Waals surface area contributed by atoms with Gasteiger partial charge in [-0.1, -0.05) is 0 Å². The van der Waals surface area contributed by atoms with Crippen molar-refractivity contribution in [2.45, 2.75) is 57.9 Å². The van der Waals surface area contributed by atoms with E-state index in [1.165, 1.54) is 32.2 Å². The maximum Gasteiger partial charge on any atom is 0.230 e. The molecule has 26 heavy (non-hydrogen) atoms. The first-order valence-electron chi connectivity index (χ1n) is 10.6. The largest absolute Gasteiger partial charge is 0.342 e. The van der Waals surface area contributed by atoms with Gasteiger partial charge in [0.1, 0.15) is 0 Å². The van der Waals surface area contributed by atoms with Gasteiger partial charge in [-0.2, -0.15) is 0 Å². The van der Waals surface area contributed by atoms with Gasteiger partial charge in [0.25, 0.3) is 0 Å². The van der Waals surface area contributed by atoms with Crippen LogP contribution in [0.3, 0.4) is 0 Å². The summed E-state index contributed by atoms with van der Waals surface area (Å²) in [5, 5.41) is 0. The monoisotopic (exact) mass is 356 g/mol. The maximum atomic E-state index is 13.5. The molecular formula is C21H32N4O. The summed E-state index contributed by atoms with van der Waals surface area (Å²) in [4.78, 5) is 23.1. The van der Waals surface area contributed by atoms with E-state index in [2.05, 4.69) is 34.4 Å². The Balaban J connectivity index is 1.42. The number of hydrogen-bond donors (Lipinski definition) is 0. The van der Waals surface area contributed by atoms with E-state index in [0.29, 0.717) is 11.9 Å². The van der Waals surface area contributed by atoms with Crippen LogP contribution in [0.15, 0.2) is 12.5 Å². The predicted molar refractivity (Wildman–Crippen MR) is 101 cm³/mol. The smallest absolute Gasteiger partial charge is 0.230 e. The summed E-state index contributed by atoms with van der Waals surface area (Å²) < 4.78 is 2.19. The highest BCUT2D eigenvalue weighted by atomic mass is 16.2. The maximum absolute atomic E-state index is 13.5. The van der Waals surface area contributed by atoms with Crippen molar-refractivity contribution in [3.8, 4) is 0 Å². The highest BCUT2D eigenvalue weighted by Crippen LogP contribution is 2.51. The Morgan fingerprint density at radius 2 is 1.92 bits per heavy atom. The molecule has 3 heterocycles. The van der Waals surface area contributed by atoms with E-state index in [9.17, 15) is 4.79 Å². The Labute approximate surface area is 156 Å². The molecular weight excluding hydrogens is 324 g/mol. The van der Waals surface area contributed by atoms with Crippen LogP contribution in [-0.2, 0) is 4.79 Å². The SMILES string of the molecule is CC(C)n1cnc([C@@H]2CN(CC3CC3)C[C@]23CCN(CC2CC2)C3=O)c1. The molecule has 4 aliphatic rings. The quantitative estimate of drug-likeness (QED) is 0.787.